The van der Waals surface area contributed by atoms with E-state index in [1.807, 2.05) is 49.0 Å². The van der Waals surface area contributed by atoms with Crippen LogP contribution >= 0.6 is 11.8 Å². The lowest BCUT2D eigenvalue weighted by Crippen LogP contribution is -2.13. The van der Waals surface area contributed by atoms with Gasteiger partial charge in [0.1, 0.15) is 0 Å². The minimum atomic E-state index is 0.129. The number of benzene rings is 1. The van der Waals surface area contributed by atoms with Gasteiger partial charge in [0.05, 0.1) is 0 Å². The third kappa shape index (κ3) is 4.40. The molecule has 0 aromatic heterocycles. The molecule has 1 nitrogen and oxygen atoms in total. The van der Waals surface area contributed by atoms with Crippen molar-refractivity contribution in [3.63, 3.8) is 0 Å². The average Bonchev–Trinajstić information content (AvgIpc) is 2.34. The molecule has 0 fully saturated rings. The van der Waals surface area contributed by atoms with Crippen LogP contribution in [0.1, 0.15) is 37.0 Å². The van der Waals surface area contributed by atoms with E-state index in [4.69, 9.17) is 0 Å². The molecule has 16 heavy (non-hydrogen) atoms. The molecule has 1 aromatic carbocycles. The van der Waals surface area contributed by atoms with E-state index < -0.39 is 0 Å². The Morgan fingerprint density at radius 3 is 2.62 bits per heavy atom. The Hall–Kier alpha value is -0.760. The number of carbonyl (C=O) groups excluding carboxylic acids is 1. The highest BCUT2D eigenvalue weighted by atomic mass is 32.2. The number of hydrogen-bond acceptors (Lipinski definition) is 2. The Kier molecular flexibility index (Phi) is 6.24. The van der Waals surface area contributed by atoms with E-state index in [1.165, 1.54) is 18.6 Å². The van der Waals surface area contributed by atoms with E-state index in [0.717, 1.165) is 11.3 Å². The number of rotatable bonds is 7. The summed E-state index contributed by atoms with van der Waals surface area (Å²) in [5, 5.41) is 0. The van der Waals surface area contributed by atoms with Gasteiger partial charge in [0.25, 0.3) is 0 Å². The predicted molar refractivity (Wildman–Crippen MR) is 72.2 cm³/mol. The Labute approximate surface area is 103 Å². The second-order valence-electron chi connectivity index (χ2n) is 4.06. The lowest BCUT2D eigenvalue weighted by Gasteiger charge is -2.09. The molecular weight excluding hydrogens is 216 g/mol. The van der Waals surface area contributed by atoms with Crippen molar-refractivity contribution in [2.45, 2.75) is 26.7 Å². The zero-order valence-corrected chi connectivity index (χ0v) is 10.9. The lowest BCUT2D eigenvalue weighted by atomic mass is 10.0. The minimum absolute atomic E-state index is 0.129. The molecule has 0 saturated carbocycles. The summed E-state index contributed by atoms with van der Waals surface area (Å²) >= 11 is 1.89. The molecule has 0 saturated heterocycles. The number of hydrogen-bond donors (Lipinski definition) is 0. The fourth-order valence-electron chi connectivity index (χ4n) is 1.47. The van der Waals surface area contributed by atoms with Crippen LogP contribution in [0.4, 0.5) is 0 Å². The molecule has 1 unspecified atom stereocenters. The molecule has 1 atom stereocenters. The van der Waals surface area contributed by atoms with Gasteiger partial charge in [0.15, 0.2) is 5.78 Å². The van der Waals surface area contributed by atoms with E-state index in [1.54, 1.807) is 0 Å². The van der Waals surface area contributed by atoms with Gasteiger partial charge in [0.2, 0.25) is 0 Å². The Morgan fingerprint density at radius 2 is 2.00 bits per heavy atom. The number of ketones is 1. The van der Waals surface area contributed by atoms with Crippen molar-refractivity contribution in [2.75, 3.05) is 11.5 Å². The zero-order valence-electron chi connectivity index (χ0n) is 10.1. The summed E-state index contributed by atoms with van der Waals surface area (Å²) in [6, 6.07) is 9.58. The summed E-state index contributed by atoms with van der Waals surface area (Å²) in [5.74, 6) is 2.50. The second kappa shape index (κ2) is 7.50. The second-order valence-corrected chi connectivity index (χ2v) is 5.21. The van der Waals surface area contributed by atoms with E-state index in [2.05, 4.69) is 6.92 Å². The maximum Gasteiger partial charge on any atom is 0.166 e. The highest BCUT2D eigenvalue weighted by molar-refractivity contribution is 7.99. The van der Waals surface area contributed by atoms with Gasteiger partial charge < -0.3 is 0 Å². The van der Waals surface area contributed by atoms with Gasteiger partial charge in [-0.3, -0.25) is 4.79 Å². The molecule has 0 spiro atoms. The fraction of sp³-hybridized carbons (Fsp3) is 0.500. The number of Topliss-reactive ketones (excluding diaryl/α,β-unsaturated/α-hetero) is 1. The van der Waals surface area contributed by atoms with Crippen LogP contribution in [0.25, 0.3) is 0 Å². The predicted octanol–water partition coefficient (Wildman–Crippen LogP) is 4.04. The first-order valence-electron chi connectivity index (χ1n) is 5.92. The normalized spacial score (nSPS) is 12.4. The molecular formula is C14H20OS. The first-order chi connectivity index (χ1) is 7.75. The maximum atomic E-state index is 12.0. The van der Waals surface area contributed by atoms with Gasteiger partial charge in [-0.2, -0.15) is 11.8 Å². The van der Waals surface area contributed by atoms with Crippen molar-refractivity contribution in [1.82, 2.24) is 0 Å². The molecule has 2 heteroatoms. The quantitative estimate of drug-likeness (QED) is 0.525. The molecule has 0 heterocycles. The van der Waals surface area contributed by atoms with E-state index in [9.17, 15) is 4.79 Å². The largest absolute Gasteiger partial charge is 0.294 e. The molecule has 0 N–H and O–H groups in total. The van der Waals surface area contributed by atoms with Crippen molar-refractivity contribution in [3.05, 3.63) is 35.9 Å². The molecule has 88 valence electrons. The van der Waals surface area contributed by atoms with E-state index in [-0.39, 0.29) is 11.7 Å². The first-order valence-corrected chi connectivity index (χ1v) is 7.08. The van der Waals surface area contributed by atoms with Crippen LogP contribution in [-0.2, 0) is 0 Å². The lowest BCUT2D eigenvalue weighted by molar-refractivity contribution is 0.0942. The zero-order chi connectivity index (χ0) is 11.8. The topological polar surface area (TPSA) is 17.1 Å². The van der Waals surface area contributed by atoms with Gasteiger partial charge in [0, 0.05) is 17.2 Å². The number of unbranched alkanes of at least 4 members (excludes halogenated alkanes) is 1. The molecule has 1 aromatic rings. The van der Waals surface area contributed by atoms with Gasteiger partial charge in [-0.05, 0) is 12.2 Å². The highest BCUT2D eigenvalue weighted by Gasteiger charge is 2.14. The van der Waals surface area contributed by atoms with Crippen LogP contribution in [0, 0.1) is 5.92 Å². The third-order valence-electron chi connectivity index (χ3n) is 2.52. The Balaban J connectivity index is 2.37. The van der Waals surface area contributed by atoms with E-state index >= 15 is 0 Å². The SMILES string of the molecule is CCCCSCC(C)C(=O)c1ccccc1. The molecule has 0 amide bonds. The van der Waals surface area contributed by atoms with Crippen molar-refractivity contribution >= 4 is 17.5 Å². The van der Waals surface area contributed by atoms with Gasteiger partial charge in [-0.15, -0.1) is 0 Å². The van der Waals surface area contributed by atoms with Gasteiger partial charge in [-0.1, -0.05) is 50.6 Å². The highest BCUT2D eigenvalue weighted by Crippen LogP contribution is 2.15. The average molecular weight is 236 g/mol. The van der Waals surface area contributed by atoms with Gasteiger partial charge in [-0.25, -0.2) is 0 Å². The fourth-order valence-corrected chi connectivity index (χ4v) is 2.63. The smallest absolute Gasteiger partial charge is 0.166 e. The summed E-state index contributed by atoms with van der Waals surface area (Å²) in [4.78, 5) is 12.0. The van der Waals surface area contributed by atoms with Crippen molar-refractivity contribution in [1.29, 1.82) is 0 Å². The summed E-state index contributed by atoms with van der Waals surface area (Å²) < 4.78 is 0. The monoisotopic (exact) mass is 236 g/mol. The molecule has 1 rings (SSSR count). The minimum Gasteiger partial charge on any atom is -0.294 e. The van der Waals surface area contributed by atoms with E-state index in [0.29, 0.717) is 0 Å². The Bertz CT molecular complexity index is 308. The van der Waals surface area contributed by atoms with Crippen LogP contribution in [0.3, 0.4) is 0 Å². The number of carbonyl (C=O) groups is 1. The summed E-state index contributed by atoms with van der Waals surface area (Å²) in [7, 11) is 0. The van der Waals surface area contributed by atoms with Crippen molar-refractivity contribution in [3.8, 4) is 0 Å². The van der Waals surface area contributed by atoms with Crippen LogP contribution in [-0.4, -0.2) is 17.3 Å². The summed E-state index contributed by atoms with van der Waals surface area (Å²) in [6.07, 6.45) is 2.48. The molecule has 0 aliphatic rings. The van der Waals surface area contributed by atoms with Crippen LogP contribution in [0.2, 0.25) is 0 Å². The molecule has 0 aliphatic heterocycles. The number of thioether (sulfide) groups is 1. The molecule has 0 radical (unpaired) electrons. The standard InChI is InChI=1S/C14H20OS/c1-3-4-10-16-11-12(2)14(15)13-8-6-5-7-9-13/h5-9,12H,3-4,10-11H2,1-2H3. The van der Waals surface area contributed by atoms with Crippen LogP contribution in [0.5, 0.6) is 0 Å². The van der Waals surface area contributed by atoms with Gasteiger partial charge >= 0.3 is 0 Å². The summed E-state index contributed by atoms with van der Waals surface area (Å²) in [6.45, 7) is 4.22. The molecule has 0 aliphatic carbocycles. The third-order valence-corrected chi connectivity index (χ3v) is 3.83. The van der Waals surface area contributed by atoms with Crippen molar-refractivity contribution < 1.29 is 4.79 Å². The Morgan fingerprint density at radius 1 is 1.31 bits per heavy atom. The van der Waals surface area contributed by atoms with Crippen molar-refractivity contribution in [2.24, 2.45) is 5.92 Å². The first kappa shape index (κ1) is 13.3. The van der Waals surface area contributed by atoms with Crippen LogP contribution < -0.4 is 0 Å². The van der Waals surface area contributed by atoms with Crippen LogP contribution in [0.15, 0.2) is 30.3 Å². The maximum absolute atomic E-state index is 12.0. The summed E-state index contributed by atoms with van der Waals surface area (Å²) in [5.41, 5.74) is 0.839. The molecule has 0 bridgehead atoms.